The molecule has 0 radical (unpaired) electrons. The monoisotopic (exact) mass is 318 g/mol. The molecule has 1 heterocycles. The number of carbonyl (C=O) groups excluding carboxylic acids is 1. The van der Waals surface area contributed by atoms with Crippen molar-refractivity contribution < 1.29 is 14.3 Å². The van der Waals surface area contributed by atoms with Gasteiger partial charge in [-0.1, -0.05) is 11.6 Å². The number of ether oxygens (including phenoxy) is 2. The molecule has 0 aliphatic carbocycles. The van der Waals surface area contributed by atoms with Crippen molar-refractivity contribution in [2.75, 3.05) is 19.8 Å². The van der Waals surface area contributed by atoms with E-state index in [0.717, 1.165) is 10.9 Å². The van der Waals surface area contributed by atoms with Crippen molar-refractivity contribution in [2.45, 2.75) is 6.42 Å². The maximum Gasteiger partial charge on any atom is 0.175 e. The molecule has 1 unspecified atom stereocenters. The van der Waals surface area contributed by atoms with Crippen molar-refractivity contribution in [1.82, 2.24) is 0 Å². The van der Waals surface area contributed by atoms with Crippen LogP contribution in [0.25, 0.3) is 0 Å². The van der Waals surface area contributed by atoms with Gasteiger partial charge in [0.2, 0.25) is 0 Å². The molecule has 1 aromatic carbocycles. The number of carbonyl (C=O) groups is 1. The third kappa shape index (κ3) is 3.44. The fourth-order valence-corrected chi connectivity index (χ4v) is 2.44. The fraction of sp³-hybridized carbons (Fsp3) is 0.417. The van der Waals surface area contributed by atoms with Gasteiger partial charge < -0.3 is 9.47 Å². The molecule has 0 spiro atoms. The SMILES string of the molecule is O=C(COc1ccc(Cl)cc1Br)C1CCOC1. The lowest BCUT2D eigenvalue weighted by molar-refractivity contribution is -0.124. The Morgan fingerprint density at radius 3 is 3.06 bits per heavy atom. The largest absolute Gasteiger partial charge is 0.485 e. The summed E-state index contributed by atoms with van der Waals surface area (Å²) in [6.45, 7) is 1.26. The molecule has 17 heavy (non-hydrogen) atoms. The molecule has 1 atom stereocenters. The Morgan fingerprint density at radius 1 is 1.59 bits per heavy atom. The molecule has 92 valence electrons. The Labute approximate surface area is 113 Å². The molecule has 1 fully saturated rings. The van der Waals surface area contributed by atoms with E-state index >= 15 is 0 Å². The van der Waals surface area contributed by atoms with Crippen LogP contribution in [-0.2, 0) is 9.53 Å². The first kappa shape index (κ1) is 12.9. The van der Waals surface area contributed by atoms with E-state index in [0.29, 0.717) is 24.0 Å². The molecule has 0 amide bonds. The number of hydrogen-bond donors (Lipinski definition) is 0. The van der Waals surface area contributed by atoms with Crippen LogP contribution in [-0.4, -0.2) is 25.6 Å². The maximum atomic E-state index is 11.8. The van der Waals surface area contributed by atoms with Crippen LogP contribution < -0.4 is 4.74 Å². The van der Waals surface area contributed by atoms with Crippen LogP contribution >= 0.6 is 27.5 Å². The lowest BCUT2D eigenvalue weighted by Crippen LogP contribution is -2.21. The van der Waals surface area contributed by atoms with E-state index in [1.54, 1.807) is 18.2 Å². The lowest BCUT2D eigenvalue weighted by Gasteiger charge is -2.10. The Balaban J connectivity index is 1.90. The summed E-state index contributed by atoms with van der Waals surface area (Å²) in [5.74, 6) is 0.701. The summed E-state index contributed by atoms with van der Waals surface area (Å²) in [5.41, 5.74) is 0. The standard InChI is InChI=1S/C12H12BrClO3/c13-10-5-9(14)1-2-12(10)17-7-11(15)8-3-4-16-6-8/h1-2,5,8H,3-4,6-7H2. The Hall–Kier alpha value is -0.580. The molecule has 3 nitrogen and oxygen atoms in total. The highest BCUT2D eigenvalue weighted by atomic mass is 79.9. The van der Waals surface area contributed by atoms with Gasteiger partial charge in [-0.3, -0.25) is 4.79 Å². The molecule has 1 saturated heterocycles. The molecule has 0 N–H and O–H groups in total. The van der Waals surface area contributed by atoms with Gasteiger partial charge in [0.05, 0.1) is 11.1 Å². The van der Waals surface area contributed by atoms with Crippen LogP contribution in [0.1, 0.15) is 6.42 Å². The summed E-state index contributed by atoms with van der Waals surface area (Å²) in [6, 6.07) is 5.20. The van der Waals surface area contributed by atoms with Gasteiger partial charge in [0.15, 0.2) is 5.78 Å². The van der Waals surface area contributed by atoms with E-state index in [4.69, 9.17) is 21.1 Å². The lowest BCUT2D eigenvalue weighted by atomic mass is 10.0. The second-order valence-electron chi connectivity index (χ2n) is 3.89. The van der Waals surface area contributed by atoms with E-state index in [9.17, 15) is 4.79 Å². The third-order valence-corrected chi connectivity index (χ3v) is 3.50. The van der Waals surface area contributed by atoms with Crippen molar-refractivity contribution in [3.8, 4) is 5.75 Å². The van der Waals surface area contributed by atoms with Crippen molar-refractivity contribution >= 4 is 33.3 Å². The van der Waals surface area contributed by atoms with E-state index < -0.39 is 0 Å². The molecule has 0 bridgehead atoms. The van der Waals surface area contributed by atoms with Crippen molar-refractivity contribution in [1.29, 1.82) is 0 Å². The number of halogens is 2. The summed E-state index contributed by atoms with van der Waals surface area (Å²) < 4.78 is 11.4. The molecular formula is C12H12BrClO3. The molecule has 5 heteroatoms. The zero-order valence-corrected chi connectivity index (χ0v) is 11.5. The molecule has 0 saturated carbocycles. The fourth-order valence-electron chi connectivity index (χ4n) is 1.65. The first-order valence-electron chi connectivity index (χ1n) is 5.35. The van der Waals surface area contributed by atoms with Crippen LogP contribution in [0.5, 0.6) is 5.75 Å². The number of ketones is 1. The molecule has 1 aliphatic heterocycles. The normalized spacial score (nSPS) is 19.3. The summed E-state index contributed by atoms with van der Waals surface area (Å²) >= 11 is 9.15. The number of rotatable bonds is 4. The zero-order chi connectivity index (χ0) is 12.3. The van der Waals surface area contributed by atoms with Gasteiger partial charge in [0.1, 0.15) is 12.4 Å². The Kier molecular flexibility index (Phi) is 4.42. The van der Waals surface area contributed by atoms with Crippen molar-refractivity contribution in [2.24, 2.45) is 5.92 Å². The van der Waals surface area contributed by atoms with Crippen LogP contribution in [0, 0.1) is 5.92 Å². The second-order valence-corrected chi connectivity index (χ2v) is 5.18. The van der Waals surface area contributed by atoms with Crippen molar-refractivity contribution in [3.05, 3.63) is 27.7 Å². The van der Waals surface area contributed by atoms with Crippen molar-refractivity contribution in [3.63, 3.8) is 0 Å². The first-order valence-corrected chi connectivity index (χ1v) is 6.52. The maximum absolute atomic E-state index is 11.8. The molecule has 2 rings (SSSR count). The highest BCUT2D eigenvalue weighted by Gasteiger charge is 2.23. The smallest absolute Gasteiger partial charge is 0.175 e. The molecular weight excluding hydrogens is 307 g/mol. The highest BCUT2D eigenvalue weighted by Crippen LogP contribution is 2.28. The quantitative estimate of drug-likeness (QED) is 0.855. The molecule has 1 aromatic rings. The molecule has 0 aromatic heterocycles. The van der Waals surface area contributed by atoms with Gasteiger partial charge in [-0.2, -0.15) is 0 Å². The van der Waals surface area contributed by atoms with E-state index in [1.807, 2.05) is 0 Å². The number of benzene rings is 1. The summed E-state index contributed by atoms with van der Waals surface area (Å²) in [6.07, 6.45) is 0.796. The minimum absolute atomic E-state index is 0.0129. The Morgan fingerprint density at radius 2 is 2.41 bits per heavy atom. The van der Waals surface area contributed by atoms with Gasteiger partial charge >= 0.3 is 0 Å². The van der Waals surface area contributed by atoms with E-state index in [1.165, 1.54) is 0 Å². The average molecular weight is 320 g/mol. The summed E-state index contributed by atoms with van der Waals surface area (Å²) in [7, 11) is 0. The average Bonchev–Trinajstić information content (AvgIpc) is 2.81. The topological polar surface area (TPSA) is 35.5 Å². The van der Waals surface area contributed by atoms with E-state index in [-0.39, 0.29) is 18.3 Å². The van der Waals surface area contributed by atoms with Crippen LogP contribution in [0.3, 0.4) is 0 Å². The van der Waals surface area contributed by atoms with Gasteiger partial charge in [-0.05, 0) is 40.5 Å². The first-order chi connectivity index (χ1) is 8.16. The van der Waals surface area contributed by atoms with Crippen LogP contribution in [0.2, 0.25) is 5.02 Å². The number of Topliss-reactive ketones (excluding diaryl/α,β-unsaturated/α-hetero) is 1. The predicted molar refractivity (Wildman–Crippen MR) is 68.6 cm³/mol. The predicted octanol–water partition coefficient (Wildman–Crippen LogP) is 3.09. The van der Waals surface area contributed by atoms with E-state index in [2.05, 4.69) is 15.9 Å². The van der Waals surface area contributed by atoms with Gasteiger partial charge in [-0.15, -0.1) is 0 Å². The van der Waals surface area contributed by atoms with Crippen LogP contribution in [0.15, 0.2) is 22.7 Å². The molecule has 1 aliphatic rings. The van der Waals surface area contributed by atoms with Crippen LogP contribution in [0.4, 0.5) is 0 Å². The minimum atomic E-state index is -0.0129. The van der Waals surface area contributed by atoms with Gasteiger partial charge in [0.25, 0.3) is 0 Å². The summed E-state index contributed by atoms with van der Waals surface area (Å²) in [5, 5.41) is 0.625. The third-order valence-electron chi connectivity index (χ3n) is 2.65. The zero-order valence-electron chi connectivity index (χ0n) is 9.12. The highest BCUT2D eigenvalue weighted by molar-refractivity contribution is 9.10. The van der Waals surface area contributed by atoms with Gasteiger partial charge in [-0.25, -0.2) is 0 Å². The minimum Gasteiger partial charge on any atom is -0.485 e. The second kappa shape index (κ2) is 5.85. The summed E-state index contributed by atoms with van der Waals surface area (Å²) in [4.78, 5) is 11.8. The van der Waals surface area contributed by atoms with Gasteiger partial charge in [0, 0.05) is 17.5 Å². The number of hydrogen-bond acceptors (Lipinski definition) is 3. The Bertz CT molecular complexity index is 416.